The monoisotopic (exact) mass is 394 g/mol. The summed E-state index contributed by atoms with van der Waals surface area (Å²) >= 11 is 6.45. The summed E-state index contributed by atoms with van der Waals surface area (Å²) < 4.78 is 2.53. The van der Waals surface area contributed by atoms with Gasteiger partial charge in [-0.15, -0.1) is 9.39 Å². The molecule has 0 aromatic heterocycles. The van der Waals surface area contributed by atoms with Gasteiger partial charge in [-0.05, 0) is 51.0 Å². The molecule has 1 unspecified atom stereocenters. The molecule has 1 saturated heterocycles. The second-order valence-electron chi connectivity index (χ2n) is 8.21. The lowest BCUT2D eigenvalue weighted by molar-refractivity contribution is 0.292. The lowest BCUT2D eigenvalue weighted by Crippen LogP contribution is -2.39. The van der Waals surface area contributed by atoms with Gasteiger partial charge >= 0.3 is 0 Å². The second kappa shape index (κ2) is 8.58. The average Bonchev–Trinajstić information content (AvgIpc) is 2.64. The Labute approximate surface area is 166 Å². The van der Waals surface area contributed by atoms with Crippen LogP contribution in [0.25, 0.3) is 0 Å². The maximum absolute atomic E-state index is 6.45. The van der Waals surface area contributed by atoms with E-state index in [1.807, 2.05) is 0 Å². The molecule has 1 aliphatic heterocycles. The van der Waals surface area contributed by atoms with Crippen molar-refractivity contribution < 1.29 is 0 Å². The lowest BCUT2D eigenvalue weighted by Gasteiger charge is -2.41. The van der Waals surface area contributed by atoms with Gasteiger partial charge in [0.1, 0.15) is 0 Å². The first-order chi connectivity index (χ1) is 12.4. The summed E-state index contributed by atoms with van der Waals surface area (Å²) in [7, 11) is -1.48. The van der Waals surface area contributed by atoms with Crippen LogP contribution in [0.2, 0.25) is 0 Å². The van der Waals surface area contributed by atoms with Crippen LogP contribution in [0.15, 0.2) is 33.9 Å². The van der Waals surface area contributed by atoms with Crippen molar-refractivity contribution in [1.29, 1.82) is 0 Å². The minimum Gasteiger partial charge on any atom is -0.386 e. The van der Waals surface area contributed by atoms with Gasteiger partial charge in [0.15, 0.2) is 0 Å². The predicted molar refractivity (Wildman–Crippen MR) is 121 cm³/mol. The number of halogens is 1. The van der Waals surface area contributed by atoms with Gasteiger partial charge in [-0.2, -0.15) is 0 Å². The Balaban J connectivity index is 1.67. The highest BCUT2D eigenvalue weighted by Crippen LogP contribution is 2.46. The Morgan fingerprint density at radius 1 is 1.19 bits per heavy atom. The number of nitrogens with one attached hydrogen (secondary N) is 1. The quantitative estimate of drug-likeness (QED) is 0.583. The van der Waals surface area contributed by atoms with Gasteiger partial charge in [0, 0.05) is 40.7 Å². The standard InChI is InChI=1S/C22H35ClN2S/c1-17-21(23)13-8-14-22(17)26(3,4)25-15-9-10-19(16-25)18(2)24-20-11-6-5-7-12-20/h14,19-20,24H,2-13,15-16H2,1H3. The molecule has 2 fully saturated rings. The van der Waals surface area contributed by atoms with Gasteiger partial charge < -0.3 is 5.32 Å². The molecule has 0 aromatic carbocycles. The van der Waals surface area contributed by atoms with Crippen LogP contribution in [0.5, 0.6) is 0 Å². The van der Waals surface area contributed by atoms with E-state index in [1.54, 1.807) is 0 Å². The summed E-state index contributed by atoms with van der Waals surface area (Å²) in [4.78, 5) is 1.29. The summed E-state index contributed by atoms with van der Waals surface area (Å²) in [6.07, 6.45) is 13.4. The van der Waals surface area contributed by atoms with Crippen LogP contribution in [-0.4, -0.2) is 35.2 Å². The molecule has 0 amide bonds. The third kappa shape index (κ3) is 4.43. The topological polar surface area (TPSA) is 15.3 Å². The Hall–Kier alpha value is -0.640. The van der Waals surface area contributed by atoms with E-state index >= 15 is 0 Å². The fraction of sp³-hybridized carbons (Fsp3) is 0.636. The molecule has 3 rings (SSSR count). The number of hydrogen-bond donors (Lipinski definition) is 1. The van der Waals surface area contributed by atoms with Crippen molar-refractivity contribution in [3.63, 3.8) is 0 Å². The Morgan fingerprint density at radius 3 is 2.65 bits per heavy atom. The first-order valence-electron chi connectivity index (χ1n) is 10.1. The molecule has 2 aliphatic carbocycles. The first-order valence-corrected chi connectivity index (χ1v) is 12.5. The van der Waals surface area contributed by atoms with Crippen molar-refractivity contribution in [1.82, 2.24) is 9.62 Å². The molecule has 0 spiro atoms. The molecule has 2 nitrogen and oxygen atoms in total. The summed E-state index contributed by atoms with van der Waals surface area (Å²) in [6.45, 7) is 8.65. The van der Waals surface area contributed by atoms with Crippen LogP contribution in [-0.2, 0) is 0 Å². The Morgan fingerprint density at radius 2 is 1.92 bits per heavy atom. The van der Waals surface area contributed by atoms with E-state index in [2.05, 4.69) is 40.9 Å². The van der Waals surface area contributed by atoms with Crippen LogP contribution in [0.4, 0.5) is 0 Å². The van der Waals surface area contributed by atoms with Crippen molar-refractivity contribution in [2.24, 2.45) is 5.92 Å². The number of nitrogens with zero attached hydrogens (tertiary/aromatic N) is 1. The normalized spacial score (nSPS) is 26.5. The van der Waals surface area contributed by atoms with E-state index in [-0.39, 0.29) is 0 Å². The van der Waals surface area contributed by atoms with Crippen LogP contribution in [0.3, 0.4) is 0 Å². The van der Waals surface area contributed by atoms with Crippen molar-refractivity contribution in [3.8, 4) is 0 Å². The lowest BCUT2D eigenvalue weighted by atomic mass is 9.92. The van der Waals surface area contributed by atoms with Gasteiger partial charge in [0.25, 0.3) is 0 Å². The molecule has 1 N–H and O–H groups in total. The van der Waals surface area contributed by atoms with E-state index in [0.717, 1.165) is 31.0 Å². The number of rotatable bonds is 5. The molecule has 0 bridgehead atoms. The smallest absolute Gasteiger partial charge is 0.0258 e. The average molecular weight is 395 g/mol. The largest absolute Gasteiger partial charge is 0.386 e. The van der Waals surface area contributed by atoms with Crippen molar-refractivity contribution in [2.75, 3.05) is 13.1 Å². The van der Waals surface area contributed by atoms with Gasteiger partial charge in [0.2, 0.25) is 0 Å². The molecule has 146 valence electrons. The summed E-state index contributed by atoms with van der Waals surface area (Å²) in [6, 6.07) is 0.633. The van der Waals surface area contributed by atoms with Crippen LogP contribution in [0, 0.1) is 5.92 Å². The highest BCUT2D eigenvalue weighted by molar-refractivity contribution is 8.29. The van der Waals surface area contributed by atoms with Crippen LogP contribution >= 0.6 is 21.0 Å². The SMILES string of the molecule is C=C(NC1CCCCC1)C1CCCN(S(=C)(=C)C2=CCCC(Cl)=C2C)C1. The summed E-state index contributed by atoms with van der Waals surface area (Å²) in [5.74, 6) is 9.70. The van der Waals surface area contributed by atoms with Crippen molar-refractivity contribution in [3.05, 3.63) is 33.9 Å². The predicted octanol–water partition coefficient (Wildman–Crippen LogP) is 5.91. The zero-order chi connectivity index (χ0) is 18.7. The molecule has 0 radical (unpaired) electrons. The molecular weight excluding hydrogens is 360 g/mol. The zero-order valence-electron chi connectivity index (χ0n) is 16.4. The summed E-state index contributed by atoms with van der Waals surface area (Å²) in [5.41, 5.74) is 2.44. The molecule has 1 saturated carbocycles. The van der Waals surface area contributed by atoms with Crippen molar-refractivity contribution >= 4 is 32.7 Å². The van der Waals surface area contributed by atoms with E-state index in [4.69, 9.17) is 11.6 Å². The zero-order valence-corrected chi connectivity index (χ0v) is 17.9. The number of hydrogen-bond acceptors (Lipinski definition) is 2. The highest BCUT2D eigenvalue weighted by Gasteiger charge is 2.28. The molecule has 1 atom stereocenters. The third-order valence-corrected chi connectivity index (χ3v) is 9.33. The fourth-order valence-electron chi connectivity index (χ4n) is 4.55. The number of allylic oxidation sites excluding steroid dienone is 3. The van der Waals surface area contributed by atoms with Gasteiger partial charge in [-0.25, -0.2) is 0 Å². The second-order valence-corrected chi connectivity index (χ2v) is 11.3. The minimum absolute atomic E-state index is 0.505. The van der Waals surface area contributed by atoms with E-state index in [0.29, 0.717) is 12.0 Å². The fourth-order valence-corrected chi connectivity index (χ4v) is 7.16. The van der Waals surface area contributed by atoms with E-state index in [9.17, 15) is 0 Å². The maximum Gasteiger partial charge on any atom is 0.0258 e. The highest BCUT2D eigenvalue weighted by atomic mass is 35.5. The van der Waals surface area contributed by atoms with Crippen molar-refractivity contribution in [2.45, 2.75) is 70.8 Å². The molecule has 1 heterocycles. The van der Waals surface area contributed by atoms with Crippen LogP contribution in [0.1, 0.15) is 64.7 Å². The Bertz CT molecular complexity index is 696. The van der Waals surface area contributed by atoms with Gasteiger partial charge in [-0.3, -0.25) is 4.31 Å². The molecule has 3 aliphatic rings. The first kappa shape index (κ1) is 20.1. The third-order valence-electron chi connectivity index (χ3n) is 6.25. The molecule has 0 aromatic rings. The minimum atomic E-state index is -1.48. The molecule has 4 heteroatoms. The van der Waals surface area contributed by atoms with Gasteiger partial charge in [0.05, 0.1) is 0 Å². The van der Waals surface area contributed by atoms with Gasteiger partial charge in [-0.1, -0.05) is 55.3 Å². The maximum atomic E-state index is 6.45. The summed E-state index contributed by atoms with van der Waals surface area (Å²) in [5, 5.41) is 4.75. The Kier molecular flexibility index (Phi) is 6.63. The van der Waals surface area contributed by atoms with Crippen LogP contribution < -0.4 is 5.32 Å². The van der Waals surface area contributed by atoms with E-state index < -0.39 is 9.39 Å². The molecule has 26 heavy (non-hydrogen) atoms. The molecular formula is C22H35ClN2S. The van der Waals surface area contributed by atoms with E-state index in [1.165, 1.54) is 61.1 Å². The number of piperidine rings is 1.